The number of hydrogen-bond donors (Lipinski definition) is 1. The average Bonchev–Trinajstić information content (AvgIpc) is 2.54. The van der Waals surface area contributed by atoms with Crippen molar-refractivity contribution in [2.75, 3.05) is 25.9 Å². The van der Waals surface area contributed by atoms with Crippen LogP contribution in [0.1, 0.15) is 10.5 Å². The number of rotatable bonds is 3. The fraction of sp³-hybridized carbons (Fsp3) is 0.267. The van der Waals surface area contributed by atoms with Crippen molar-refractivity contribution in [3.8, 4) is 11.5 Å². The maximum Gasteiger partial charge on any atom is 0.276 e. The molecule has 7 heteroatoms. The van der Waals surface area contributed by atoms with Crippen LogP contribution in [0.4, 0.5) is 5.82 Å². The standard InChI is InChI=1S/C15H16N4O3/c1-19(15(20)13-14(16)18-7-6-17-13)8-10-9-21-11-4-2-3-5-12(11)22-10/h2-7,10H,8-9H2,1H3,(H2,16,18)/t10-/m1/s1. The van der Waals surface area contributed by atoms with Crippen molar-refractivity contribution < 1.29 is 14.3 Å². The number of fused-ring (bicyclic) bond motifs is 1. The minimum Gasteiger partial charge on any atom is -0.486 e. The lowest BCUT2D eigenvalue weighted by Crippen LogP contribution is -2.42. The second-order valence-electron chi connectivity index (χ2n) is 4.97. The molecular formula is C15H16N4O3. The van der Waals surface area contributed by atoms with Gasteiger partial charge in [-0.15, -0.1) is 0 Å². The van der Waals surface area contributed by atoms with E-state index in [-0.39, 0.29) is 23.5 Å². The molecule has 2 heterocycles. The van der Waals surface area contributed by atoms with E-state index < -0.39 is 0 Å². The van der Waals surface area contributed by atoms with Crippen LogP contribution < -0.4 is 15.2 Å². The molecule has 0 fully saturated rings. The molecule has 1 aliphatic rings. The SMILES string of the molecule is CN(C[C@@H]1COc2ccccc2O1)C(=O)c1nccnc1N. The first kappa shape index (κ1) is 14.1. The van der Waals surface area contributed by atoms with Gasteiger partial charge in [0.05, 0.1) is 6.54 Å². The van der Waals surface area contributed by atoms with E-state index in [1.165, 1.54) is 17.3 Å². The summed E-state index contributed by atoms with van der Waals surface area (Å²) >= 11 is 0. The van der Waals surface area contributed by atoms with Crippen molar-refractivity contribution in [1.82, 2.24) is 14.9 Å². The summed E-state index contributed by atoms with van der Waals surface area (Å²) in [5.74, 6) is 1.21. The Morgan fingerprint density at radius 2 is 2.05 bits per heavy atom. The van der Waals surface area contributed by atoms with Gasteiger partial charge in [0.25, 0.3) is 5.91 Å². The molecule has 1 aromatic heterocycles. The molecule has 1 aliphatic heterocycles. The zero-order valence-corrected chi connectivity index (χ0v) is 12.1. The molecule has 1 atom stereocenters. The van der Waals surface area contributed by atoms with Gasteiger partial charge in [-0.25, -0.2) is 9.97 Å². The summed E-state index contributed by atoms with van der Waals surface area (Å²) in [4.78, 5) is 21.7. The number of aromatic nitrogens is 2. The summed E-state index contributed by atoms with van der Waals surface area (Å²) in [7, 11) is 1.67. The Kier molecular flexibility index (Phi) is 3.78. The lowest BCUT2D eigenvalue weighted by Gasteiger charge is -2.29. The number of nitrogen functional groups attached to an aromatic ring is 1. The molecule has 0 aliphatic carbocycles. The minimum absolute atomic E-state index is 0.116. The highest BCUT2D eigenvalue weighted by molar-refractivity contribution is 5.96. The summed E-state index contributed by atoms with van der Waals surface area (Å²) < 4.78 is 11.5. The molecular weight excluding hydrogens is 284 g/mol. The number of amides is 1. The lowest BCUT2D eigenvalue weighted by molar-refractivity contribution is 0.0518. The van der Waals surface area contributed by atoms with Crippen LogP contribution in [0, 0.1) is 0 Å². The molecule has 114 valence electrons. The fourth-order valence-electron chi connectivity index (χ4n) is 2.24. The van der Waals surface area contributed by atoms with Crippen LogP contribution in [-0.2, 0) is 0 Å². The van der Waals surface area contributed by atoms with Gasteiger partial charge in [-0.3, -0.25) is 4.79 Å². The quantitative estimate of drug-likeness (QED) is 0.908. The van der Waals surface area contributed by atoms with Gasteiger partial charge in [0, 0.05) is 19.4 Å². The fourth-order valence-corrected chi connectivity index (χ4v) is 2.24. The molecule has 7 nitrogen and oxygen atoms in total. The third-order valence-corrected chi connectivity index (χ3v) is 3.32. The number of ether oxygens (including phenoxy) is 2. The summed E-state index contributed by atoms with van der Waals surface area (Å²) in [5, 5.41) is 0. The van der Waals surface area contributed by atoms with Crippen LogP contribution in [0.25, 0.3) is 0 Å². The largest absolute Gasteiger partial charge is 0.486 e. The maximum absolute atomic E-state index is 12.3. The second-order valence-corrected chi connectivity index (χ2v) is 4.97. The highest BCUT2D eigenvalue weighted by Crippen LogP contribution is 2.31. The van der Waals surface area contributed by atoms with Crippen LogP contribution in [-0.4, -0.2) is 47.1 Å². The number of anilines is 1. The Morgan fingerprint density at radius 1 is 1.32 bits per heavy atom. The van der Waals surface area contributed by atoms with Crippen molar-refractivity contribution in [2.45, 2.75) is 6.10 Å². The van der Waals surface area contributed by atoms with Gasteiger partial charge in [0.2, 0.25) is 0 Å². The normalized spacial score (nSPS) is 16.1. The molecule has 0 saturated carbocycles. The number of hydrogen-bond acceptors (Lipinski definition) is 6. The minimum atomic E-state index is -0.298. The van der Waals surface area contributed by atoms with Crippen LogP contribution in [0.3, 0.4) is 0 Å². The zero-order valence-electron chi connectivity index (χ0n) is 12.1. The first-order valence-corrected chi connectivity index (χ1v) is 6.85. The number of carbonyl (C=O) groups is 1. The van der Waals surface area contributed by atoms with Crippen molar-refractivity contribution in [3.05, 3.63) is 42.4 Å². The highest BCUT2D eigenvalue weighted by atomic mass is 16.6. The molecule has 0 unspecified atom stereocenters. The first-order chi connectivity index (χ1) is 10.6. The Bertz CT molecular complexity index is 692. The van der Waals surface area contributed by atoms with E-state index in [0.29, 0.717) is 24.7 Å². The number of nitrogens with two attached hydrogens (primary N) is 1. The third kappa shape index (κ3) is 2.78. The van der Waals surface area contributed by atoms with E-state index in [4.69, 9.17) is 15.2 Å². The second kappa shape index (κ2) is 5.88. The van der Waals surface area contributed by atoms with E-state index in [9.17, 15) is 4.79 Å². The topological polar surface area (TPSA) is 90.6 Å². The molecule has 1 amide bonds. The molecule has 1 aromatic carbocycles. The molecule has 2 aromatic rings. The van der Waals surface area contributed by atoms with E-state index in [1.807, 2.05) is 24.3 Å². The van der Waals surface area contributed by atoms with Crippen LogP contribution in [0.5, 0.6) is 11.5 Å². The maximum atomic E-state index is 12.3. The third-order valence-electron chi connectivity index (χ3n) is 3.32. The zero-order chi connectivity index (χ0) is 15.5. The lowest BCUT2D eigenvalue weighted by atomic mass is 10.2. The summed E-state index contributed by atoms with van der Waals surface area (Å²) in [6.45, 7) is 0.744. The number of likely N-dealkylation sites (N-methyl/N-ethyl adjacent to an activating group) is 1. The first-order valence-electron chi connectivity index (χ1n) is 6.85. The van der Waals surface area contributed by atoms with E-state index in [1.54, 1.807) is 7.05 Å². The highest BCUT2D eigenvalue weighted by Gasteiger charge is 2.25. The summed E-state index contributed by atoms with van der Waals surface area (Å²) in [6, 6.07) is 7.44. The van der Waals surface area contributed by atoms with E-state index in [0.717, 1.165) is 0 Å². The van der Waals surface area contributed by atoms with Gasteiger partial charge in [-0.2, -0.15) is 0 Å². The molecule has 0 saturated heterocycles. The van der Waals surface area contributed by atoms with E-state index in [2.05, 4.69) is 9.97 Å². The Balaban J connectivity index is 1.67. The molecule has 0 radical (unpaired) electrons. The number of para-hydroxylation sites is 2. The van der Waals surface area contributed by atoms with Gasteiger partial charge < -0.3 is 20.1 Å². The van der Waals surface area contributed by atoms with E-state index >= 15 is 0 Å². The van der Waals surface area contributed by atoms with Crippen LogP contribution >= 0.6 is 0 Å². The Labute approximate surface area is 127 Å². The predicted octanol–water partition coefficient (Wildman–Crippen LogP) is 0.971. The number of nitrogens with zero attached hydrogens (tertiary/aromatic N) is 3. The van der Waals surface area contributed by atoms with Crippen molar-refractivity contribution in [3.63, 3.8) is 0 Å². The van der Waals surface area contributed by atoms with Gasteiger partial charge >= 0.3 is 0 Å². The molecule has 0 spiro atoms. The summed E-state index contributed by atoms with van der Waals surface area (Å²) in [6.07, 6.45) is 2.64. The predicted molar refractivity (Wildman–Crippen MR) is 79.8 cm³/mol. The van der Waals surface area contributed by atoms with Crippen LogP contribution in [0.15, 0.2) is 36.7 Å². The Morgan fingerprint density at radius 3 is 2.82 bits per heavy atom. The summed E-state index contributed by atoms with van der Waals surface area (Å²) in [5.41, 5.74) is 5.82. The van der Waals surface area contributed by atoms with Crippen molar-refractivity contribution >= 4 is 11.7 Å². The molecule has 0 bridgehead atoms. The molecule has 3 rings (SSSR count). The monoisotopic (exact) mass is 300 g/mol. The van der Waals surface area contributed by atoms with Gasteiger partial charge in [-0.1, -0.05) is 12.1 Å². The number of benzene rings is 1. The van der Waals surface area contributed by atoms with Gasteiger partial charge in [0.15, 0.2) is 29.1 Å². The smallest absolute Gasteiger partial charge is 0.276 e. The Hall–Kier alpha value is -2.83. The van der Waals surface area contributed by atoms with Crippen LogP contribution in [0.2, 0.25) is 0 Å². The van der Waals surface area contributed by atoms with Gasteiger partial charge in [-0.05, 0) is 12.1 Å². The van der Waals surface area contributed by atoms with Gasteiger partial charge in [0.1, 0.15) is 6.61 Å². The molecule has 2 N–H and O–H groups in total. The average molecular weight is 300 g/mol. The van der Waals surface area contributed by atoms with Crippen molar-refractivity contribution in [2.24, 2.45) is 0 Å². The van der Waals surface area contributed by atoms with Crippen molar-refractivity contribution in [1.29, 1.82) is 0 Å². The number of carbonyl (C=O) groups excluding carboxylic acids is 1. The molecule has 22 heavy (non-hydrogen) atoms.